The summed E-state index contributed by atoms with van der Waals surface area (Å²) in [6.07, 6.45) is 12.6. The van der Waals surface area contributed by atoms with E-state index in [1.165, 1.54) is 0 Å². The van der Waals surface area contributed by atoms with Crippen LogP contribution in [0.15, 0.2) is 73.3 Å². The average Bonchev–Trinajstić information content (AvgIpc) is 2.37. The van der Waals surface area contributed by atoms with Crippen LogP contribution in [0, 0.1) is 0 Å². The van der Waals surface area contributed by atoms with E-state index in [2.05, 4.69) is 46.1 Å². The van der Waals surface area contributed by atoms with Gasteiger partial charge >= 0.3 is 0 Å². The van der Waals surface area contributed by atoms with Gasteiger partial charge in [-0.2, -0.15) is 0 Å². The largest absolute Gasteiger partial charge is 1.00 e. The number of nitrogens with zero attached hydrogens (tertiary/aromatic N) is 2. The van der Waals surface area contributed by atoms with E-state index >= 15 is 0 Å². The van der Waals surface area contributed by atoms with Gasteiger partial charge in [0.1, 0.15) is 0 Å². The molecule has 88 valence electrons. The Morgan fingerprint density at radius 2 is 0.941 bits per heavy atom. The fraction of sp³-hybridized carbons (Fsp3) is 0.143. The maximum Gasteiger partial charge on any atom is 0.169 e. The van der Waals surface area contributed by atoms with Crippen molar-refractivity contribution in [2.75, 3.05) is 0 Å². The van der Waals surface area contributed by atoms with Gasteiger partial charge in [-0.1, -0.05) is 12.1 Å². The predicted octanol–water partition coefficient (Wildman–Crippen LogP) is -1.48. The quantitative estimate of drug-likeness (QED) is 0.480. The van der Waals surface area contributed by atoms with Crippen molar-refractivity contribution in [2.45, 2.75) is 13.1 Å². The number of pyridine rings is 2. The fourth-order valence-corrected chi connectivity index (χ4v) is 1.50. The fourth-order valence-electron chi connectivity index (χ4n) is 1.50. The van der Waals surface area contributed by atoms with Crippen molar-refractivity contribution in [3.8, 4) is 0 Å². The van der Waals surface area contributed by atoms with E-state index < -0.39 is 0 Å². The minimum Gasteiger partial charge on any atom is -1.00 e. The molecule has 0 radical (unpaired) electrons. The molecule has 0 saturated heterocycles. The Kier molecular flexibility index (Phi) is 6.18. The molecule has 0 aliphatic rings. The van der Waals surface area contributed by atoms with Crippen LogP contribution in [0.1, 0.15) is 0 Å². The minimum atomic E-state index is 0. The summed E-state index contributed by atoms with van der Waals surface area (Å²) in [5.74, 6) is 0. The summed E-state index contributed by atoms with van der Waals surface area (Å²) in [5, 5.41) is 0. The number of hydrogen-bond donors (Lipinski definition) is 0. The highest BCUT2D eigenvalue weighted by Gasteiger charge is 1.94. The van der Waals surface area contributed by atoms with Crippen molar-refractivity contribution in [2.24, 2.45) is 0 Å². The molecule has 17 heavy (non-hydrogen) atoms. The number of rotatable bonds is 4. The minimum absolute atomic E-state index is 0. The standard InChI is InChI=1S/C14H16N2.BrH/c1-3-9-15(10-4-1)13-7-8-14-16-11-5-2-6-12-16;/h1-12H,13-14H2;1H/q+2;/p-1/b8-7+;. The molecule has 0 aliphatic carbocycles. The summed E-state index contributed by atoms with van der Waals surface area (Å²) in [4.78, 5) is 0. The molecule has 0 amide bonds. The first kappa shape index (κ1) is 13.6. The lowest BCUT2D eigenvalue weighted by Crippen LogP contribution is -3.00. The SMILES string of the molecule is C(=C\C[n+]1ccccc1)/C[n+]1ccccc1.[Br-]. The first-order valence-electron chi connectivity index (χ1n) is 5.48. The van der Waals surface area contributed by atoms with Gasteiger partial charge in [0.25, 0.3) is 0 Å². The second-order valence-corrected chi connectivity index (χ2v) is 3.62. The number of halogens is 1. The summed E-state index contributed by atoms with van der Waals surface area (Å²) in [7, 11) is 0. The molecule has 0 aromatic carbocycles. The lowest BCUT2D eigenvalue weighted by atomic mass is 10.4. The van der Waals surface area contributed by atoms with Gasteiger partial charge in [0.15, 0.2) is 37.9 Å². The van der Waals surface area contributed by atoms with Gasteiger partial charge in [0.05, 0.1) is 0 Å². The Labute approximate surface area is 113 Å². The summed E-state index contributed by atoms with van der Waals surface area (Å²) in [6.45, 7) is 1.85. The second kappa shape index (κ2) is 7.74. The van der Waals surface area contributed by atoms with E-state index in [1.807, 2.05) is 36.4 Å². The van der Waals surface area contributed by atoms with Gasteiger partial charge in [-0.25, -0.2) is 9.13 Å². The summed E-state index contributed by atoms with van der Waals surface area (Å²) in [6, 6.07) is 12.2. The number of aromatic nitrogens is 2. The third-order valence-electron chi connectivity index (χ3n) is 2.35. The highest BCUT2D eigenvalue weighted by Crippen LogP contribution is 1.81. The van der Waals surface area contributed by atoms with Gasteiger partial charge in [-0.05, 0) is 12.2 Å². The monoisotopic (exact) mass is 291 g/mol. The van der Waals surface area contributed by atoms with E-state index in [-0.39, 0.29) is 17.0 Å². The van der Waals surface area contributed by atoms with Crippen molar-refractivity contribution < 1.29 is 26.1 Å². The topological polar surface area (TPSA) is 7.76 Å². The molecule has 2 aromatic rings. The summed E-state index contributed by atoms with van der Waals surface area (Å²) >= 11 is 0. The van der Waals surface area contributed by atoms with Gasteiger partial charge in [0, 0.05) is 24.3 Å². The van der Waals surface area contributed by atoms with Crippen LogP contribution in [0.2, 0.25) is 0 Å². The van der Waals surface area contributed by atoms with Crippen molar-refractivity contribution in [3.63, 3.8) is 0 Å². The Bertz CT molecular complexity index is 397. The third kappa shape index (κ3) is 4.91. The van der Waals surface area contributed by atoms with Gasteiger partial charge in [0.2, 0.25) is 0 Å². The van der Waals surface area contributed by atoms with Crippen LogP contribution in [0.3, 0.4) is 0 Å². The van der Waals surface area contributed by atoms with Gasteiger partial charge in [-0.3, -0.25) is 0 Å². The first-order valence-corrected chi connectivity index (χ1v) is 5.48. The molecule has 2 aromatic heterocycles. The van der Waals surface area contributed by atoms with Crippen LogP contribution < -0.4 is 26.1 Å². The van der Waals surface area contributed by atoms with E-state index in [1.54, 1.807) is 0 Å². The lowest BCUT2D eigenvalue weighted by molar-refractivity contribution is -0.691. The van der Waals surface area contributed by atoms with Gasteiger partial charge in [-0.15, -0.1) is 0 Å². The molecule has 0 atom stereocenters. The molecule has 3 heteroatoms. The van der Waals surface area contributed by atoms with Crippen LogP contribution in [-0.4, -0.2) is 0 Å². The molecule has 0 fully saturated rings. The predicted molar refractivity (Wildman–Crippen MR) is 62.4 cm³/mol. The van der Waals surface area contributed by atoms with Crippen LogP contribution in [0.5, 0.6) is 0 Å². The molecule has 0 spiro atoms. The summed E-state index contributed by atoms with van der Waals surface area (Å²) in [5.41, 5.74) is 0. The maximum atomic E-state index is 2.18. The normalized spacial score (nSPS) is 10.1. The van der Waals surface area contributed by atoms with E-state index in [9.17, 15) is 0 Å². The molecule has 0 saturated carbocycles. The van der Waals surface area contributed by atoms with E-state index in [4.69, 9.17) is 0 Å². The molecular formula is C14H16BrN2+. The van der Waals surface area contributed by atoms with E-state index in [0.29, 0.717) is 0 Å². The zero-order valence-electron chi connectivity index (χ0n) is 9.61. The molecule has 2 nitrogen and oxygen atoms in total. The van der Waals surface area contributed by atoms with Crippen LogP contribution >= 0.6 is 0 Å². The Morgan fingerprint density at radius 1 is 0.588 bits per heavy atom. The van der Waals surface area contributed by atoms with Crippen molar-refractivity contribution in [3.05, 3.63) is 73.3 Å². The average molecular weight is 292 g/mol. The highest BCUT2D eigenvalue weighted by molar-refractivity contribution is 4.85. The number of hydrogen-bond acceptors (Lipinski definition) is 0. The van der Waals surface area contributed by atoms with Crippen LogP contribution in [-0.2, 0) is 13.1 Å². The summed E-state index contributed by atoms with van der Waals surface area (Å²) < 4.78 is 4.29. The first-order chi connectivity index (χ1) is 7.95. The smallest absolute Gasteiger partial charge is 0.169 e. The van der Waals surface area contributed by atoms with Crippen molar-refractivity contribution in [1.82, 2.24) is 0 Å². The molecular weight excluding hydrogens is 276 g/mol. The van der Waals surface area contributed by atoms with E-state index in [0.717, 1.165) is 13.1 Å². The zero-order valence-corrected chi connectivity index (χ0v) is 11.2. The molecule has 0 unspecified atom stereocenters. The number of allylic oxidation sites excluding steroid dienone is 2. The highest BCUT2D eigenvalue weighted by atomic mass is 79.9. The molecule has 0 aliphatic heterocycles. The molecule has 0 bridgehead atoms. The second-order valence-electron chi connectivity index (χ2n) is 3.62. The Hall–Kier alpha value is -1.48. The Balaban J connectivity index is 0.00000144. The lowest BCUT2D eigenvalue weighted by Gasteiger charge is -1.90. The molecule has 2 rings (SSSR count). The molecule has 2 heterocycles. The maximum absolute atomic E-state index is 2.18. The van der Waals surface area contributed by atoms with Crippen LogP contribution in [0.25, 0.3) is 0 Å². The van der Waals surface area contributed by atoms with Gasteiger partial charge < -0.3 is 17.0 Å². The third-order valence-corrected chi connectivity index (χ3v) is 2.35. The zero-order chi connectivity index (χ0) is 11.1. The van der Waals surface area contributed by atoms with Crippen molar-refractivity contribution in [1.29, 1.82) is 0 Å². The van der Waals surface area contributed by atoms with Crippen LogP contribution in [0.4, 0.5) is 0 Å². The van der Waals surface area contributed by atoms with Crippen molar-refractivity contribution >= 4 is 0 Å². The molecule has 0 N–H and O–H groups in total. The Morgan fingerprint density at radius 3 is 1.29 bits per heavy atom.